The van der Waals surface area contributed by atoms with Gasteiger partial charge in [-0.1, -0.05) is 29.3 Å². The molecule has 1 aromatic rings. The third kappa shape index (κ3) is 2.64. The number of halogens is 2. The second-order valence-electron chi connectivity index (χ2n) is 5.99. The molecule has 4 heteroatoms. The number of hydrogen-bond donors (Lipinski definition) is 1. The Morgan fingerprint density at radius 2 is 2.16 bits per heavy atom. The van der Waals surface area contributed by atoms with Crippen LogP contribution in [0.15, 0.2) is 18.2 Å². The molecule has 2 aliphatic rings. The zero-order chi connectivity index (χ0) is 13.5. The molecular formula is C15H20Cl2N2. The third-order valence-electron chi connectivity index (χ3n) is 4.76. The van der Waals surface area contributed by atoms with Crippen molar-refractivity contribution in [1.82, 2.24) is 10.2 Å². The van der Waals surface area contributed by atoms with E-state index in [1.54, 1.807) is 0 Å². The molecule has 0 amide bonds. The van der Waals surface area contributed by atoms with Gasteiger partial charge in [-0.05, 0) is 56.0 Å². The van der Waals surface area contributed by atoms with Gasteiger partial charge in [0.15, 0.2) is 0 Å². The highest BCUT2D eigenvalue weighted by Gasteiger charge is 2.41. The summed E-state index contributed by atoms with van der Waals surface area (Å²) in [6.45, 7) is 6.94. The van der Waals surface area contributed by atoms with Crippen molar-refractivity contribution in [3.05, 3.63) is 33.8 Å². The zero-order valence-electron chi connectivity index (χ0n) is 11.3. The Labute approximate surface area is 125 Å². The Morgan fingerprint density at radius 3 is 2.84 bits per heavy atom. The molecule has 2 fully saturated rings. The Morgan fingerprint density at radius 1 is 1.32 bits per heavy atom. The van der Waals surface area contributed by atoms with Gasteiger partial charge in [-0.2, -0.15) is 0 Å². The summed E-state index contributed by atoms with van der Waals surface area (Å²) in [4.78, 5) is 2.56. The number of rotatable bonds is 2. The largest absolute Gasteiger partial charge is 0.316 e. The quantitative estimate of drug-likeness (QED) is 0.895. The number of hydrogen-bond acceptors (Lipinski definition) is 2. The molecule has 0 bridgehead atoms. The van der Waals surface area contributed by atoms with E-state index in [9.17, 15) is 0 Å². The standard InChI is InChI=1S/C15H20Cl2N2/c1-11(13-3-2-12(16)8-14(13)17)19-7-5-15(10-19)4-6-18-9-15/h2-3,8,11,18H,4-7,9-10H2,1H3. The number of likely N-dealkylation sites (tertiary alicyclic amines) is 1. The molecule has 2 saturated heterocycles. The summed E-state index contributed by atoms with van der Waals surface area (Å²) in [5.41, 5.74) is 1.70. The minimum atomic E-state index is 0.366. The van der Waals surface area contributed by atoms with Crippen molar-refractivity contribution in [2.45, 2.75) is 25.8 Å². The van der Waals surface area contributed by atoms with Crippen molar-refractivity contribution >= 4 is 23.2 Å². The summed E-state index contributed by atoms with van der Waals surface area (Å²) in [5.74, 6) is 0. The first-order chi connectivity index (χ1) is 9.10. The van der Waals surface area contributed by atoms with Crippen LogP contribution in [-0.2, 0) is 0 Å². The van der Waals surface area contributed by atoms with Crippen LogP contribution >= 0.6 is 23.2 Å². The first-order valence-corrected chi connectivity index (χ1v) is 7.75. The fraction of sp³-hybridized carbons (Fsp3) is 0.600. The SMILES string of the molecule is CC(c1ccc(Cl)cc1Cl)N1CCC2(CCNC2)C1. The molecule has 2 heterocycles. The molecule has 0 aromatic heterocycles. The van der Waals surface area contributed by atoms with E-state index in [-0.39, 0.29) is 0 Å². The maximum Gasteiger partial charge on any atom is 0.0468 e. The predicted molar refractivity (Wildman–Crippen MR) is 81.0 cm³/mol. The van der Waals surface area contributed by atoms with Crippen LogP contribution in [0.1, 0.15) is 31.4 Å². The molecule has 2 unspecified atom stereocenters. The minimum absolute atomic E-state index is 0.366. The summed E-state index contributed by atoms with van der Waals surface area (Å²) in [5, 5.41) is 4.99. The average Bonchev–Trinajstić information content (AvgIpc) is 3.00. The van der Waals surface area contributed by atoms with Gasteiger partial charge in [-0.25, -0.2) is 0 Å². The molecule has 1 spiro atoms. The lowest BCUT2D eigenvalue weighted by Crippen LogP contribution is -2.30. The molecule has 2 nitrogen and oxygen atoms in total. The predicted octanol–water partition coefficient (Wildman–Crippen LogP) is 3.74. The molecule has 1 aromatic carbocycles. The molecule has 2 aliphatic heterocycles. The van der Waals surface area contributed by atoms with E-state index in [1.807, 2.05) is 12.1 Å². The van der Waals surface area contributed by atoms with E-state index in [4.69, 9.17) is 23.2 Å². The first kappa shape index (κ1) is 13.7. The molecule has 1 N–H and O–H groups in total. The zero-order valence-corrected chi connectivity index (χ0v) is 12.8. The van der Waals surface area contributed by atoms with Gasteiger partial charge in [-0.15, -0.1) is 0 Å². The van der Waals surface area contributed by atoms with Crippen LogP contribution in [0.2, 0.25) is 10.0 Å². The van der Waals surface area contributed by atoms with Gasteiger partial charge in [0.25, 0.3) is 0 Å². The van der Waals surface area contributed by atoms with E-state index >= 15 is 0 Å². The fourth-order valence-electron chi connectivity index (χ4n) is 3.48. The van der Waals surface area contributed by atoms with E-state index in [1.165, 1.54) is 44.6 Å². The lowest BCUT2D eigenvalue weighted by atomic mass is 9.86. The molecule has 104 valence electrons. The van der Waals surface area contributed by atoms with Crippen LogP contribution in [0.25, 0.3) is 0 Å². The van der Waals surface area contributed by atoms with Gasteiger partial charge in [0, 0.05) is 29.2 Å². The minimum Gasteiger partial charge on any atom is -0.316 e. The Kier molecular flexibility index (Phi) is 3.78. The van der Waals surface area contributed by atoms with Crippen molar-refractivity contribution in [3.63, 3.8) is 0 Å². The number of nitrogens with one attached hydrogen (secondary N) is 1. The van der Waals surface area contributed by atoms with E-state index < -0.39 is 0 Å². The van der Waals surface area contributed by atoms with Gasteiger partial charge in [-0.3, -0.25) is 4.90 Å². The third-order valence-corrected chi connectivity index (χ3v) is 5.32. The van der Waals surface area contributed by atoms with Crippen molar-refractivity contribution in [3.8, 4) is 0 Å². The average molecular weight is 299 g/mol. The molecule has 0 saturated carbocycles. The van der Waals surface area contributed by atoms with E-state index in [0.29, 0.717) is 16.5 Å². The van der Waals surface area contributed by atoms with Crippen molar-refractivity contribution < 1.29 is 0 Å². The van der Waals surface area contributed by atoms with Crippen LogP contribution in [0.4, 0.5) is 0 Å². The van der Waals surface area contributed by atoms with Crippen LogP contribution in [0.5, 0.6) is 0 Å². The van der Waals surface area contributed by atoms with Crippen molar-refractivity contribution in [1.29, 1.82) is 0 Å². The van der Waals surface area contributed by atoms with E-state index in [2.05, 4.69) is 23.2 Å². The summed E-state index contributed by atoms with van der Waals surface area (Å²) >= 11 is 12.3. The van der Waals surface area contributed by atoms with Crippen molar-refractivity contribution in [2.24, 2.45) is 5.41 Å². The van der Waals surface area contributed by atoms with Gasteiger partial charge >= 0.3 is 0 Å². The lowest BCUT2D eigenvalue weighted by Gasteiger charge is -2.28. The highest BCUT2D eigenvalue weighted by Crippen LogP contribution is 2.40. The van der Waals surface area contributed by atoms with Gasteiger partial charge in [0.1, 0.15) is 0 Å². The first-order valence-electron chi connectivity index (χ1n) is 6.99. The Bertz CT molecular complexity index is 469. The van der Waals surface area contributed by atoms with Crippen molar-refractivity contribution in [2.75, 3.05) is 26.2 Å². The molecular weight excluding hydrogens is 279 g/mol. The highest BCUT2D eigenvalue weighted by atomic mass is 35.5. The Hall–Kier alpha value is -0.280. The smallest absolute Gasteiger partial charge is 0.0468 e. The second-order valence-corrected chi connectivity index (χ2v) is 6.83. The number of nitrogens with zero attached hydrogens (tertiary/aromatic N) is 1. The molecule has 3 rings (SSSR count). The molecule has 0 radical (unpaired) electrons. The maximum absolute atomic E-state index is 6.33. The topological polar surface area (TPSA) is 15.3 Å². The van der Waals surface area contributed by atoms with Crippen LogP contribution in [-0.4, -0.2) is 31.1 Å². The van der Waals surface area contributed by atoms with Crippen LogP contribution in [0.3, 0.4) is 0 Å². The second kappa shape index (κ2) is 5.25. The summed E-state index contributed by atoms with van der Waals surface area (Å²) < 4.78 is 0. The molecule has 2 atom stereocenters. The lowest BCUT2D eigenvalue weighted by molar-refractivity contribution is 0.224. The van der Waals surface area contributed by atoms with Gasteiger partial charge < -0.3 is 5.32 Å². The summed E-state index contributed by atoms with van der Waals surface area (Å²) in [6.07, 6.45) is 2.61. The van der Waals surface area contributed by atoms with Gasteiger partial charge in [0.05, 0.1) is 0 Å². The number of benzene rings is 1. The fourth-order valence-corrected chi connectivity index (χ4v) is 4.05. The normalized spacial score (nSPS) is 29.2. The van der Waals surface area contributed by atoms with Crippen LogP contribution in [0, 0.1) is 5.41 Å². The van der Waals surface area contributed by atoms with E-state index in [0.717, 1.165) is 5.02 Å². The van der Waals surface area contributed by atoms with Gasteiger partial charge in [0.2, 0.25) is 0 Å². The van der Waals surface area contributed by atoms with Crippen LogP contribution < -0.4 is 5.32 Å². The monoisotopic (exact) mass is 298 g/mol. The summed E-state index contributed by atoms with van der Waals surface area (Å²) in [6, 6.07) is 6.21. The molecule has 19 heavy (non-hydrogen) atoms. The summed E-state index contributed by atoms with van der Waals surface area (Å²) in [7, 11) is 0. The highest BCUT2D eigenvalue weighted by molar-refractivity contribution is 6.35. The molecule has 0 aliphatic carbocycles. The maximum atomic E-state index is 6.33. The Balaban J connectivity index is 1.75.